The van der Waals surface area contributed by atoms with E-state index >= 15 is 0 Å². The molecule has 0 aliphatic carbocycles. The molecule has 0 aliphatic heterocycles. The van der Waals surface area contributed by atoms with Crippen molar-refractivity contribution in [2.45, 2.75) is 33.2 Å². The predicted molar refractivity (Wildman–Crippen MR) is 151 cm³/mol. The van der Waals surface area contributed by atoms with Gasteiger partial charge in [-0.15, -0.1) is 0 Å². The van der Waals surface area contributed by atoms with Gasteiger partial charge in [-0.2, -0.15) is 0 Å². The van der Waals surface area contributed by atoms with Crippen LogP contribution in [0, 0.1) is 6.92 Å². The van der Waals surface area contributed by atoms with Crippen LogP contribution in [0.3, 0.4) is 0 Å². The second kappa shape index (κ2) is 10.0. The topological polar surface area (TPSA) is 29.9 Å². The number of para-hydroxylation sites is 1. The first kappa shape index (κ1) is 22.7. The molecule has 4 aromatic carbocycles. The van der Waals surface area contributed by atoms with Crippen LogP contribution in [0.4, 0.5) is 5.69 Å². The molecule has 3 nitrogen and oxygen atoms in total. The molecule has 5 aromatic rings. The predicted octanol–water partition coefficient (Wildman–Crippen LogP) is 8.60. The molecule has 0 saturated heterocycles. The van der Waals surface area contributed by atoms with Crippen LogP contribution in [0.5, 0.6) is 0 Å². The van der Waals surface area contributed by atoms with E-state index in [9.17, 15) is 0 Å². The number of nitrogens with one attached hydrogen (secondary N) is 1. The lowest BCUT2D eigenvalue weighted by Crippen LogP contribution is -2.02. The lowest BCUT2D eigenvalue weighted by atomic mass is 10.0. The van der Waals surface area contributed by atoms with Gasteiger partial charge in [0.05, 0.1) is 11.2 Å². The molecule has 0 fully saturated rings. The van der Waals surface area contributed by atoms with Crippen molar-refractivity contribution >= 4 is 33.2 Å². The van der Waals surface area contributed by atoms with Gasteiger partial charge in [0, 0.05) is 23.4 Å². The molecule has 0 aliphatic rings. The summed E-state index contributed by atoms with van der Waals surface area (Å²) in [6.45, 7) is 9.24. The highest BCUT2D eigenvalue weighted by Gasteiger charge is 2.17. The SMILES string of the molecule is C=C/C=C(/Nc1cccc2c1nc(-c1cccc3ccccc13)n2CCCC)c1ccccc1C. The van der Waals surface area contributed by atoms with Gasteiger partial charge in [0.1, 0.15) is 11.3 Å². The fraction of sp³-hybridized carbons (Fsp3) is 0.156. The third kappa shape index (κ3) is 4.38. The molecule has 1 heterocycles. The zero-order valence-electron chi connectivity index (χ0n) is 20.5. The van der Waals surface area contributed by atoms with Crippen LogP contribution in [0.2, 0.25) is 0 Å². The highest BCUT2D eigenvalue weighted by molar-refractivity contribution is 6.00. The van der Waals surface area contributed by atoms with Gasteiger partial charge < -0.3 is 9.88 Å². The van der Waals surface area contributed by atoms with Crippen molar-refractivity contribution in [1.29, 1.82) is 0 Å². The van der Waals surface area contributed by atoms with Gasteiger partial charge in [0.15, 0.2) is 0 Å². The van der Waals surface area contributed by atoms with Crippen LogP contribution in [0.25, 0.3) is 38.9 Å². The maximum atomic E-state index is 5.26. The summed E-state index contributed by atoms with van der Waals surface area (Å²) in [6, 6.07) is 29.9. The van der Waals surface area contributed by atoms with Gasteiger partial charge in [-0.25, -0.2) is 4.98 Å². The van der Waals surface area contributed by atoms with Crippen LogP contribution in [0.15, 0.2) is 104 Å². The number of anilines is 1. The van der Waals surface area contributed by atoms with Crippen molar-refractivity contribution < 1.29 is 0 Å². The van der Waals surface area contributed by atoms with Crippen molar-refractivity contribution in [3.8, 4) is 11.4 Å². The summed E-state index contributed by atoms with van der Waals surface area (Å²) >= 11 is 0. The van der Waals surface area contributed by atoms with E-state index in [0.717, 1.165) is 53.2 Å². The zero-order chi connectivity index (χ0) is 24.2. The Kier molecular flexibility index (Phi) is 6.49. The minimum atomic E-state index is 0.933. The number of rotatable bonds is 8. The Bertz CT molecular complexity index is 1530. The molecule has 0 bridgehead atoms. The fourth-order valence-electron chi connectivity index (χ4n) is 4.75. The van der Waals surface area contributed by atoms with E-state index in [1.165, 1.54) is 21.9 Å². The summed E-state index contributed by atoms with van der Waals surface area (Å²) in [5, 5.41) is 6.14. The summed E-state index contributed by atoms with van der Waals surface area (Å²) < 4.78 is 2.39. The average Bonchev–Trinajstić information content (AvgIpc) is 3.26. The Labute approximate surface area is 207 Å². The summed E-state index contributed by atoms with van der Waals surface area (Å²) in [4.78, 5) is 5.26. The summed E-state index contributed by atoms with van der Waals surface area (Å²) in [5.74, 6) is 1.02. The third-order valence-electron chi connectivity index (χ3n) is 6.53. The number of hydrogen-bond acceptors (Lipinski definition) is 2. The highest BCUT2D eigenvalue weighted by Crippen LogP contribution is 2.34. The summed E-state index contributed by atoms with van der Waals surface area (Å²) in [6.07, 6.45) is 6.09. The van der Waals surface area contributed by atoms with Crippen LogP contribution in [-0.2, 0) is 6.54 Å². The third-order valence-corrected chi connectivity index (χ3v) is 6.53. The number of aromatic nitrogens is 2. The quantitative estimate of drug-likeness (QED) is 0.236. The van der Waals surface area contributed by atoms with Crippen molar-refractivity contribution in [1.82, 2.24) is 9.55 Å². The van der Waals surface area contributed by atoms with Gasteiger partial charge >= 0.3 is 0 Å². The van der Waals surface area contributed by atoms with E-state index in [4.69, 9.17) is 4.98 Å². The second-order valence-electron chi connectivity index (χ2n) is 8.90. The van der Waals surface area contributed by atoms with Crippen LogP contribution >= 0.6 is 0 Å². The number of aryl methyl sites for hydroxylation is 2. The number of nitrogens with zero attached hydrogens (tertiary/aromatic N) is 2. The van der Waals surface area contributed by atoms with Crippen LogP contribution in [0.1, 0.15) is 30.9 Å². The number of unbranched alkanes of at least 4 members (excludes halogenated alkanes) is 1. The number of fused-ring (bicyclic) bond motifs is 2. The molecule has 0 amide bonds. The average molecular weight is 458 g/mol. The maximum Gasteiger partial charge on any atom is 0.141 e. The number of benzene rings is 4. The van der Waals surface area contributed by atoms with E-state index in [0.29, 0.717) is 0 Å². The highest BCUT2D eigenvalue weighted by atomic mass is 15.1. The van der Waals surface area contributed by atoms with Gasteiger partial charge in [-0.1, -0.05) is 98.8 Å². The normalized spacial score (nSPS) is 11.8. The molecule has 1 aromatic heterocycles. The second-order valence-corrected chi connectivity index (χ2v) is 8.90. The van der Waals surface area contributed by atoms with Crippen molar-refractivity contribution in [2.24, 2.45) is 0 Å². The molecule has 0 atom stereocenters. The molecule has 5 rings (SSSR count). The Morgan fingerprint density at radius 3 is 2.54 bits per heavy atom. The number of allylic oxidation sites excluding steroid dienone is 2. The summed E-state index contributed by atoms with van der Waals surface area (Å²) in [5.41, 5.74) is 7.68. The smallest absolute Gasteiger partial charge is 0.141 e. The van der Waals surface area contributed by atoms with Gasteiger partial charge in [-0.05, 0) is 47.9 Å². The molecule has 1 N–H and O–H groups in total. The van der Waals surface area contributed by atoms with E-state index in [2.05, 4.69) is 115 Å². The molecule has 0 radical (unpaired) electrons. The fourth-order valence-corrected chi connectivity index (χ4v) is 4.75. The molecule has 3 heteroatoms. The van der Waals surface area contributed by atoms with Crippen molar-refractivity contribution in [2.75, 3.05) is 5.32 Å². The van der Waals surface area contributed by atoms with Gasteiger partial charge in [0.25, 0.3) is 0 Å². The Balaban J connectivity index is 1.69. The number of hydrogen-bond donors (Lipinski definition) is 1. The van der Waals surface area contributed by atoms with Crippen LogP contribution < -0.4 is 5.32 Å². The lowest BCUT2D eigenvalue weighted by molar-refractivity contribution is 0.651. The standard InChI is InChI=1S/C32H31N3/c1-4-6-22-35-30-21-12-20-29(33-28(13-5-2)25-17-9-7-14-23(25)3)31(30)34-32(35)27-19-11-16-24-15-8-10-18-26(24)27/h5,7-21,33H,2,4,6,22H2,1,3H3/b28-13+. The Hall–Kier alpha value is -4.11. The minimum Gasteiger partial charge on any atom is -0.353 e. The van der Waals surface area contributed by atoms with Crippen LogP contribution in [-0.4, -0.2) is 9.55 Å². The molecular weight excluding hydrogens is 426 g/mol. The Morgan fingerprint density at radius 1 is 0.943 bits per heavy atom. The molecule has 35 heavy (non-hydrogen) atoms. The monoisotopic (exact) mass is 457 g/mol. The molecule has 0 unspecified atom stereocenters. The molecule has 0 saturated carbocycles. The first-order chi connectivity index (χ1) is 17.2. The van der Waals surface area contributed by atoms with Crippen molar-refractivity contribution in [3.05, 3.63) is 115 Å². The Morgan fingerprint density at radius 2 is 1.71 bits per heavy atom. The van der Waals surface area contributed by atoms with E-state index in [-0.39, 0.29) is 0 Å². The minimum absolute atomic E-state index is 0.933. The lowest BCUT2D eigenvalue weighted by Gasteiger charge is -2.14. The molecule has 0 spiro atoms. The van der Waals surface area contributed by atoms with Crippen molar-refractivity contribution in [3.63, 3.8) is 0 Å². The van der Waals surface area contributed by atoms with E-state index in [1.807, 2.05) is 12.2 Å². The van der Waals surface area contributed by atoms with Gasteiger partial charge in [0.2, 0.25) is 0 Å². The largest absolute Gasteiger partial charge is 0.353 e. The number of imidazole rings is 1. The first-order valence-electron chi connectivity index (χ1n) is 12.3. The molecular formula is C32H31N3. The zero-order valence-corrected chi connectivity index (χ0v) is 20.5. The first-order valence-corrected chi connectivity index (χ1v) is 12.3. The van der Waals surface area contributed by atoms with E-state index < -0.39 is 0 Å². The maximum absolute atomic E-state index is 5.26. The van der Waals surface area contributed by atoms with E-state index in [1.54, 1.807) is 0 Å². The van der Waals surface area contributed by atoms with Gasteiger partial charge in [-0.3, -0.25) is 0 Å². The summed E-state index contributed by atoms with van der Waals surface area (Å²) in [7, 11) is 0. The molecule has 174 valence electrons.